The fraction of sp³-hybridized carbons (Fsp3) is 0.294. The topological polar surface area (TPSA) is 92.2 Å². The van der Waals surface area contributed by atoms with E-state index in [4.69, 9.17) is 16.7 Å². The molecule has 1 heterocycles. The summed E-state index contributed by atoms with van der Waals surface area (Å²) in [4.78, 5) is 30.8. The lowest BCUT2D eigenvalue weighted by atomic mass is 9.86. The second kappa shape index (κ2) is 7.40. The van der Waals surface area contributed by atoms with Crippen LogP contribution in [-0.2, 0) is 22.4 Å². The van der Waals surface area contributed by atoms with E-state index < -0.39 is 11.4 Å². The first kappa shape index (κ1) is 17.9. The molecule has 0 bridgehead atoms. The van der Waals surface area contributed by atoms with Crippen molar-refractivity contribution in [1.29, 1.82) is 0 Å². The molecule has 0 aliphatic heterocycles. The quantitative estimate of drug-likeness (QED) is 0.784. The van der Waals surface area contributed by atoms with Gasteiger partial charge < -0.3 is 10.4 Å². The number of anilines is 1. The molecular formula is C17H18ClN3O3. The number of carbonyl (C=O) groups is 2. The van der Waals surface area contributed by atoms with E-state index in [0.29, 0.717) is 12.2 Å². The van der Waals surface area contributed by atoms with Crippen LogP contribution in [0, 0.1) is 5.41 Å². The molecule has 7 heteroatoms. The molecule has 1 aromatic heterocycles. The van der Waals surface area contributed by atoms with E-state index in [9.17, 15) is 9.59 Å². The van der Waals surface area contributed by atoms with Crippen LogP contribution in [0.25, 0.3) is 0 Å². The summed E-state index contributed by atoms with van der Waals surface area (Å²) in [5.74, 6) is -0.710. The van der Waals surface area contributed by atoms with Gasteiger partial charge in [0.15, 0.2) is 0 Å². The van der Waals surface area contributed by atoms with E-state index in [1.807, 2.05) is 24.3 Å². The number of aromatic nitrogens is 2. The van der Waals surface area contributed by atoms with Crippen molar-refractivity contribution in [3.05, 3.63) is 52.9 Å². The summed E-state index contributed by atoms with van der Waals surface area (Å²) in [6.07, 6.45) is 2.07. The summed E-state index contributed by atoms with van der Waals surface area (Å²) in [6.45, 7) is 3.37. The molecule has 2 rings (SSSR count). The normalized spacial score (nSPS) is 11.1. The lowest BCUT2D eigenvalue weighted by Crippen LogP contribution is -2.26. The van der Waals surface area contributed by atoms with Crippen LogP contribution in [0.2, 0.25) is 5.28 Å². The number of carbonyl (C=O) groups excluding carboxylic acids is 1. The molecule has 0 fully saturated rings. The van der Waals surface area contributed by atoms with Gasteiger partial charge in [-0.15, -0.1) is 0 Å². The van der Waals surface area contributed by atoms with Gasteiger partial charge in [-0.3, -0.25) is 9.59 Å². The standard InChI is InChI=1S/C17H18ClN3O3/c1-17(2,15(23)24)10-12-5-3-11(4-6-12)9-14(22)20-13-7-8-19-16(18)21-13/h3-8H,9-10H2,1-2H3,(H,23,24)(H,19,20,21,22). The minimum absolute atomic E-state index is 0.0678. The van der Waals surface area contributed by atoms with Crippen LogP contribution in [0.4, 0.5) is 5.82 Å². The molecule has 126 valence electrons. The van der Waals surface area contributed by atoms with Gasteiger partial charge in [0.1, 0.15) is 5.82 Å². The Kier molecular flexibility index (Phi) is 5.51. The number of amides is 1. The van der Waals surface area contributed by atoms with Gasteiger partial charge in [-0.25, -0.2) is 9.97 Å². The molecule has 1 aromatic carbocycles. The summed E-state index contributed by atoms with van der Waals surface area (Å²) < 4.78 is 0. The van der Waals surface area contributed by atoms with Gasteiger partial charge in [-0.1, -0.05) is 24.3 Å². The van der Waals surface area contributed by atoms with E-state index in [1.54, 1.807) is 19.9 Å². The lowest BCUT2D eigenvalue weighted by molar-refractivity contribution is -0.146. The third-order valence-electron chi connectivity index (χ3n) is 3.51. The van der Waals surface area contributed by atoms with Crippen LogP contribution < -0.4 is 5.32 Å². The zero-order valence-electron chi connectivity index (χ0n) is 13.4. The first-order valence-corrected chi connectivity index (χ1v) is 7.74. The SMILES string of the molecule is CC(C)(Cc1ccc(CC(=O)Nc2ccnc(Cl)n2)cc1)C(=O)O. The summed E-state index contributed by atoms with van der Waals surface area (Å²) >= 11 is 5.67. The zero-order chi connectivity index (χ0) is 17.7. The maximum Gasteiger partial charge on any atom is 0.309 e. The molecule has 0 saturated heterocycles. The molecule has 0 unspecified atom stereocenters. The molecule has 2 aromatic rings. The number of halogens is 1. The van der Waals surface area contributed by atoms with Crippen LogP contribution >= 0.6 is 11.6 Å². The van der Waals surface area contributed by atoms with E-state index >= 15 is 0 Å². The second-order valence-electron chi connectivity index (χ2n) is 6.12. The lowest BCUT2D eigenvalue weighted by Gasteiger charge is -2.19. The number of carboxylic acid groups (broad SMARTS) is 1. The third-order valence-corrected chi connectivity index (χ3v) is 3.69. The minimum atomic E-state index is -0.838. The number of aliphatic carboxylic acids is 1. The van der Waals surface area contributed by atoms with Gasteiger partial charge in [0.05, 0.1) is 11.8 Å². The summed E-state index contributed by atoms with van der Waals surface area (Å²) in [6, 6.07) is 8.88. The van der Waals surface area contributed by atoms with Gasteiger partial charge in [-0.2, -0.15) is 0 Å². The fourth-order valence-electron chi connectivity index (χ4n) is 2.14. The summed E-state index contributed by atoms with van der Waals surface area (Å²) in [5, 5.41) is 11.9. The Morgan fingerprint density at radius 2 is 1.79 bits per heavy atom. The van der Waals surface area contributed by atoms with Crippen molar-refractivity contribution < 1.29 is 14.7 Å². The summed E-state index contributed by atoms with van der Waals surface area (Å²) in [7, 11) is 0. The number of carboxylic acids is 1. The van der Waals surface area contributed by atoms with Gasteiger partial charge in [-0.05, 0) is 49.1 Å². The van der Waals surface area contributed by atoms with E-state index in [2.05, 4.69) is 15.3 Å². The van der Waals surface area contributed by atoms with E-state index in [1.165, 1.54) is 6.20 Å². The Labute approximate surface area is 144 Å². The van der Waals surface area contributed by atoms with Crippen molar-refractivity contribution in [2.24, 2.45) is 5.41 Å². The molecule has 0 spiro atoms. The Morgan fingerprint density at radius 1 is 1.17 bits per heavy atom. The molecule has 0 saturated carbocycles. The van der Waals surface area contributed by atoms with Gasteiger partial charge >= 0.3 is 5.97 Å². The van der Waals surface area contributed by atoms with Crippen LogP contribution in [0.5, 0.6) is 0 Å². The highest BCUT2D eigenvalue weighted by atomic mass is 35.5. The number of nitrogens with zero attached hydrogens (tertiary/aromatic N) is 2. The zero-order valence-corrected chi connectivity index (χ0v) is 14.2. The maximum atomic E-state index is 12.0. The predicted molar refractivity (Wildman–Crippen MR) is 90.9 cm³/mol. The van der Waals surface area contributed by atoms with Gasteiger partial charge in [0, 0.05) is 6.20 Å². The van der Waals surface area contributed by atoms with Crippen molar-refractivity contribution in [1.82, 2.24) is 9.97 Å². The minimum Gasteiger partial charge on any atom is -0.481 e. The van der Waals surface area contributed by atoms with E-state index in [0.717, 1.165) is 11.1 Å². The smallest absolute Gasteiger partial charge is 0.309 e. The fourth-order valence-corrected chi connectivity index (χ4v) is 2.29. The molecule has 2 N–H and O–H groups in total. The van der Waals surface area contributed by atoms with Crippen molar-refractivity contribution in [2.75, 3.05) is 5.32 Å². The Hall–Kier alpha value is -2.47. The van der Waals surface area contributed by atoms with Crippen LogP contribution in [0.1, 0.15) is 25.0 Å². The van der Waals surface area contributed by atoms with Crippen LogP contribution in [-0.4, -0.2) is 27.0 Å². The average Bonchev–Trinajstić information content (AvgIpc) is 2.48. The average molecular weight is 348 g/mol. The van der Waals surface area contributed by atoms with E-state index in [-0.39, 0.29) is 17.6 Å². The van der Waals surface area contributed by atoms with Crippen molar-refractivity contribution in [3.63, 3.8) is 0 Å². The molecule has 6 nitrogen and oxygen atoms in total. The van der Waals surface area contributed by atoms with Gasteiger partial charge in [0.25, 0.3) is 0 Å². The molecule has 24 heavy (non-hydrogen) atoms. The largest absolute Gasteiger partial charge is 0.481 e. The predicted octanol–water partition coefficient (Wildman–Crippen LogP) is 2.96. The van der Waals surface area contributed by atoms with Gasteiger partial charge in [0.2, 0.25) is 11.2 Å². The molecule has 0 aliphatic rings. The number of hydrogen-bond acceptors (Lipinski definition) is 4. The van der Waals surface area contributed by atoms with Crippen molar-refractivity contribution in [2.45, 2.75) is 26.7 Å². The number of nitrogens with one attached hydrogen (secondary N) is 1. The highest BCUT2D eigenvalue weighted by Crippen LogP contribution is 2.22. The number of rotatable bonds is 6. The second-order valence-corrected chi connectivity index (χ2v) is 6.46. The number of hydrogen-bond donors (Lipinski definition) is 2. The monoisotopic (exact) mass is 347 g/mol. The first-order valence-electron chi connectivity index (χ1n) is 7.36. The molecular weight excluding hydrogens is 330 g/mol. The Balaban J connectivity index is 1.96. The molecule has 0 aliphatic carbocycles. The number of benzene rings is 1. The first-order chi connectivity index (χ1) is 11.3. The van der Waals surface area contributed by atoms with Crippen LogP contribution in [0.3, 0.4) is 0 Å². The third kappa shape index (κ3) is 5.03. The summed E-state index contributed by atoms with van der Waals surface area (Å²) in [5.41, 5.74) is 0.907. The van der Waals surface area contributed by atoms with Crippen molar-refractivity contribution >= 4 is 29.3 Å². The highest BCUT2D eigenvalue weighted by Gasteiger charge is 2.27. The maximum absolute atomic E-state index is 12.0. The molecule has 0 atom stereocenters. The highest BCUT2D eigenvalue weighted by molar-refractivity contribution is 6.28. The van der Waals surface area contributed by atoms with Crippen LogP contribution in [0.15, 0.2) is 36.5 Å². The Bertz CT molecular complexity index is 745. The Morgan fingerprint density at radius 3 is 2.38 bits per heavy atom. The molecule has 0 radical (unpaired) electrons. The van der Waals surface area contributed by atoms with Crippen molar-refractivity contribution in [3.8, 4) is 0 Å². The molecule has 1 amide bonds.